The van der Waals surface area contributed by atoms with Crippen LogP contribution >= 0.6 is 11.6 Å². The van der Waals surface area contributed by atoms with Crippen molar-refractivity contribution in [2.75, 3.05) is 0 Å². The summed E-state index contributed by atoms with van der Waals surface area (Å²) in [4.78, 5) is 4.09. The lowest BCUT2D eigenvalue weighted by Gasteiger charge is -2.10. The third-order valence-corrected chi connectivity index (χ3v) is 3.02. The number of rotatable bonds is 3. The molecule has 3 nitrogen and oxygen atoms in total. The highest BCUT2D eigenvalue weighted by atomic mass is 35.5. The van der Waals surface area contributed by atoms with Gasteiger partial charge in [0.2, 0.25) is 0 Å². The third-order valence-electron chi connectivity index (χ3n) is 2.60. The number of alkyl halides is 3. The summed E-state index contributed by atoms with van der Waals surface area (Å²) >= 11 is 6.14. The monoisotopic (exact) mass is 312 g/mol. The molecule has 21 heavy (non-hydrogen) atoms. The average molecular weight is 313 g/mol. The fourth-order valence-corrected chi connectivity index (χ4v) is 2.01. The van der Waals surface area contributed by atoms with E-state index in [9.17, 15) is 13.2 Å². The van der Waals surface area contributed by atoms with Crippen molar-refractivity contribution < 1.29 is 17.9 Å². The Hall–Kier alpha value is -2.26. The average Bonchev–Trinajstić information content (AvgIpc) is 2.41. The van der Waals surface area contributed by atoms with Gasteiger partial charge in [-0.25, -0.2) is 0 Å². The van der Waals surface area contributed by atoms with Gasteiger partial charge >= 0.3 is 6.36 Å². The number of hydrogen-bond donors (Lipinski definition) is 0. The zero-order valence-corrected chi connectivity index (χ0v) is 11.2. The van der Waals surface area contributed by atoms with Crippen LogP contribution in [-0.4, -0.2) is 11.3 Å². The highest BCUT2D eigenvalue weighted by Gasteiger charge is 2.31. The van der Waals surface area contributed by atoms with Gasteiger partial charge in [0.1, 0.15) is 5.75 Å². The summed E-state index contributed by atoms with van der Waals surface area (Å²) in [5.74, 6) is -0.324. The number of nitriles is 1. The van der Waals surface area contributed by atoms with E-state index in [2.05, 4.69) is 9.72 Å². The van der Waals surface area contributed by atoms with Crippen molar-refractivity contribution in [1.29, 1.82) is 5.26 Å². The maximum atomic E-state index is 12.1. The number of halogens is 4. The third kappa shape index (κ3) is 3.86. The van der Waals surface area contributed by atoms with Gasteiger partial charge in [-0.05, 0) is 35.9 Å². The van der Waals surface area contributed by atoms with Gasteiger partial charge in [0.15, 0.2) is 0 Å². The van der Waals surface area contributed by atoms with Crippen LogP contribution in [0.2, 0.25) is 5.02 Å². The summed E-state index contributed by atoms with van der Waals surface area (Å²) in [5.41, 5.74) is 1.55. The molecule has 1 heterocycles. The first-order chi connectivity index (χ1) is 9.90. The van der Waals surface area contributed by atoms with E-state index in [4.69, 9.17) is 16.9 Å². The van der Waals surface area contributed by atoms with Crippen LogP contribution in [0.3, 0.4) is 0 Å². The van der Waals surface area contributed by atoms with Gasteiger partial charge in [0, 0.05) is 11.8 Å². The molecular formula is C14H8ClF3N2O. The van der Waals surface area contributed by atoms with Gasteiger partial charge in [0.05, 0.1) is 23.2 Å². The Balaban J connectivity index is 2.31. The van der Waals surface area contributed by atoms with Crippen LogP contribution in [0.15, 0.2) is 36.5 Å². The molecule has 0 amide bonds. The number of benzene rings is 1. The van der Waals surface area contributed by atoms with E-state index in [1.54, 1.807) is 6.07 Å². The van der Waals surface area contributed by atoms with Crippen LogP contribution in [0.1, 0.15) is 5.56 Å². The molecule has 0 atom stereocenters. The summed E-state index contributed by atoms with van der Waals surface area (Å²) in [6.07, 6.45) is -3.11. The first kappa shape index (κ1) is 15.1. The highest BCUT2D eigenvalue weighted by Crippen LogP contribution is 2.31. The van der Waals surface area contributed by atoms with Crippen LogP contribution in [0.5, 0.6) is 5.75 Å². The number of ether oxygens (including phenoxy) is 1. The second kappa shape index (κ2) is 6.02. The minimum absolute atomic E-state index is 0.129. The minimum Gasteiger partial charge on any atom is -0.406 e. The Morgan fingerprint density at radius 1 is 1.19 bits per heavy atom. The molecule has 0 fully saturated rings. The summed E-state index contributed by atoms with van der Waals surface area (Å²) < 4.78 is 40.0. The molecule has 0 aliphatic heterocycles. The molecule has 1 aromatic carbocycles. The van der Waals surface area contributed by atoms with Gasteiger partial charge in [0.25, 0.3) is 0 Å². The van der Waals surface area contributed by atoms with Crippen molar-refractivity contribution in [2.45, 2.75) is 12.8 Å². The van der Waals surface area contributed by atoms with Crippen LogP contribution in [0.25, 0.3) is 11.3 Å². The van der Waals surface area contributed by atoms with Crippen LogP contribution in [-0.2, 0) is 6.42 Å². The van der Waals surface area contributed by atoms with Crippen LogP contribution in [0.4, 0.5) is 13.2 Å². The fourth-order valence-electron chi connectivity index (χ4n) is 1.72. The van der Waals surface area contributed by atoms with Crippen molar-refractivity contribution in [3.63, 3.8) is 0 Å². The van der Waals surface area contributed by atoms with Gasteiger partial charge in [-0.2, -0.15) is 5.26 Å². The van der Waals surface area contributed by atoms with E-state index in [0.29, 0.717) is 21.8 Å². The lowest BCUT2D eigenvalue weighted by molar-refractivity contribution is -0.274. The maximum Gasteiger partial charge on any atom is 0.573 e. The Kier molecular flexibility index (Phi) is 4.34. The molecule has 1 aromatic heterocycles. The van der Waals surface area contributed by atoms with E-state index in [1.165, 1.54) is 30.5 Å². The molecule has 0 spiro atoms. The molecule has 2 aromatic rings. The first-order valence-corrected chi connectivity index (χ1v) is 6.15. The van der Waals surface area contributed by atoms with Crippen molar-refractivity contribution in [1.82, 2.24) is 4.98 Å². The van der Waals surface area contributed by atoms with Crippen molar-refractivity contribution in [3.8, 4) is 23.1 Å². The van der Waals surface area contributed by atoms with Gasteiger partial charge in [-0.15, -0.1) is 13.2 Å². The molecule has 7 heteroatoms. The van der Waals surface area contributed by atoms with E-state index in [-0.39, 0.29) is 12.2 Å². The zero-order valence-electron chi connectivity index (χ0n) is 10.5. The van der Waals surface area contributed by atoms with E-state index in [1.807, 2.05) is 6.07 Å². The molecule has 0 aliphatic rings. The molecule has 0 bridgehead atoms. The summed E-state index contributed by atoms with van der Waals surface area (Å²) in [7, 11) is 0. The van der Waals surface area contributed by atoms with Gasteiger partial charge < -0.3 is 4.74 Å². The Morgan fingerprint density at radius 3 is 2.43 bits per heavy atom. The maximum absolute atomic E-state index is 12.1. The standard InChI is InChI=1S/C14H8ClF3N2O/c15-12-9(5-7-19)6-8-20-13(12)10-1-3-11(4-2-10)21-14(16,17)18/h1-4,6,8H,5H2. The number of hydrogen-bond acceptors (Lipinski definition) is 3. The molecular weight excluding hydrogens is 305 g/mol. The van der Waals surface area contributed by atoms with Crippen LogP contribution < -0.4 is 4.74 Å². The summed E-state index contributed by atoms with van der Waals surface area (Å²) in [5, 5.41) is 9.01. The smallest absolute Gasteiger partial charge is 0.406 e. The largest absolute Gasteiger partial charge is 0.573 e. The van der Waals surface area contributed by atoms with Gasteiger partial charge in [-0.3, -0.25) is 4.98 Å². The van der Waals surface area contributed by atoms with Crippen molar-refractivity contribution >= 4 is 11.6 Å². The second-order valence-corrected chi connectivity index (χ2v) is 4.42. The molecule has 0 radical (unpaired) electrons. The quantitative estimate of drug-likeness (QED) is 0.845. The minimum atomic E-state index is -4.73. The SMILES string of the molecule is N#CCc1ccnc(-c2ccc(OC(F)(F)F)cc2)c1Cl. The summed E-state index contributed by atoms with van der Waals surface area (Å²) in [6, 6.07) is 8.80. The molecule has 0 N–H and O–H groups in total. The molecule has 0 unspecified atom stereocenters. The second-order valence-electron chi connectivity index (χ2n) is 4.04. The number of nitrogens with zero attached hydrogens (tertiary/aromatic N) is 2. The molecule has 108 valence electrons. The van der Waals surface area contributed by atoms with E-state index < -0.39 is 6.36 Å². The summed E-state index contributed by atoms with van der Waals surface area (Å²) in [6.45, 7) is 0. The molecule has 0 saturated carbocycles. The van der Waals surface area contributed by atoms with E-state index >= 15 is 0 Å². The molecule has 2 rings (SSSR count). The zero-order chi connectivity index (χ0) is 15.5. The van der Waals surface area contributed by atoms with Crippen LogP contribution in [0, 0.1) is 11.3 Å². The lowest BCUT2D eigenvalue weighted by Crippen LogP contribution is -2.16. The molecule has 0 aliphatic carbocycles. The number of aromatic nitrogens is 1. The highest BCUT2D eigenvalue weighted by molar-refractivity contribution is 6.33. The Morgan fingerprint density at radius 2 is 1.86 bits per heavy atom. The predicted octanol–water partition coefficient (Wildman–Crippen LogP) is 4.37. The first-order valence-electron chi connectivity index (χ1n) is 5.77. The van der Waals surface area contributed by atoms with E-state index in [0.717, 1.165) is 0 Å². The van der Waals surface area contributed by atoms with Crippen molar-refractivity contribution in [2.24, 2.45) is 0 Å². The fraction of sp³-hybridized carbons (Fsp3) is 0.143. The van der Waals surface area contributed by atoms with Gasteiger partial charge in [-0.1, -0.05) is 11.6 Å². The Labute approximate surface area is 123 Å². The van der Waals surface area contributed by atoms with Crippen molar-refractivity contribution in [3.05, 3.63) is 47.1 Å². The number of pyridine rings is 1. The lowest BCUT2D eigenvalue weighted by atomic mass is 10.1. The normalized spacial score (nSPS) is 11.0. The Bertz CT molecular complexity index is 678. The molecule has 0 saturated heterocycles. The predicted molar refractivity (Wildman–Crippen MR) is 70.7 cm³/mol. The topological polar surface area (TPSA) is 45.9 Å².